The summed E-state index contributed by atoms with van der Waals surface area (Å²) in [6, 6.07) is 50.4. The maximum Gasteiger partial charge on any atom is 0.144 e. The van der Waals surface area contributed by atoms with Gasteiger partial charge in [0.15, 0.2) is 0 Å². The van der Waals surface area contributed by atoms with E-state index in [-0.39, 0.29) is 0 Å². The summed E-state index contributed by atoms with van der Waals surface area (Å²) in [6.07, 6.45) is 0. The lowest BCUT2D eigenvalue weighted by molar-refractivity contribution is 0.673. The van der Waals surface area contributed by atoms with Crippen molar-refractivity contribution in [1.82, 2.24) is 0 Å². The molecule has 0 saturated heterocycles. The summed E-state index contributed by atoms with van der Waals surface area (Å²) in [5, 5.41) is 9.84. The molecule has 10 aromatic rings. The molecule has 0 N–H and O–H groups in total. The minimum atomic E-state index is 0.934. The van der Waals surface area contributed by atoms with Crippen molar-refractivity contribution in [2.24, 2.45) is 0 Å². The van der Waals surface area contributed by atoms with Crippen LogP contribution in [0.25, 0.3) is 73.1 Å². The van der Waals surface area contributed by atoms with E-state index in [1.165, 1.54) is 67.6 Å². The summed E-state index contributed by atoms with van der Waals surface area (Å²) in [5.41, 5.74) is 5.36. The van der Waals surface area contributed by atoms with E-state index in [2.05, 4.69) is 144 Å². The van der Waals surface area contributed by atoms with Gasteiger partial charge in [0.1, 0.15) is 11.2 Å². The van der Waals surface area contributed by atoms with Crippen molar-refractivity contribution < 1.29 is 4.42 Å². The molecule has 0 radical (unpaired) electrons. The highest BCUT2D eigenvalue weighted by Crippen LogP contribution is 2.49. The number of furan rings is 1. The predicted octanol–water partition coefficient (Wildman–Crippen LogP) is 12.9. The first kappa shape index (κ1) is 24.3. The standard InChI is InChI=1S/C40H23NOS2/c1-2-10-25(11-3-1)41(26-18-21-35-31(23-26)28-13-6-7-16-34(28)43-35)32-15-8-14-30-38-36(44-40(30)32)22-19-29-37-27-12-5-4-9-24(27)17-20-33(37)42-39(29)38/h1-23H. The quantitative estimate of drug-likeness (QED) is 0.201. The van der Waals surface area contributed by atoms with E-state index in [1.807, 2.05) is 22.7 Å². The molecule has 0 atom stereocenters. The summed E-state index contributed by atoms with van der Waals surface area (Å²) in [4.78, 5) is 2.41. The van der Waals surface area contributed by atoms with Gasteiger partial charge in [0.2, 0.25) is 0 Å². The smallest absolute Gasteiger partial charge is 0.144 e. The SMILES string of the molecule is c1ccc(N(c2ccc3sc4ccccc4c3c2)c2cccc3c2sc2ccc4c(oc5ccc6ccccc6c54)c23)cc1. The minimum Gasteiger partial charge on any atom is -0.455 e. The van der Waals surface area contributed by atoms with E-state index < -0.39 is 0 Å². The number of para-hydroxylation sites is 1. The number of anilines is 3. The Morgan fingerprint density at radius 1 is 0.455 bits per heavy atom. The summed E-state index contributed by atoms with van der Waals surface area (Å²) in [7, 11) is 0. The van der Waals surface area contributed by atoms with Crippen molar-refractivity contribution in [2.45, 2.75) is 0 Å². The number of rotatable bonds is 3. The van der Waals surface area contributed by atoms with E-state index in [9.17, 15) is 0 Å². The third-order valence-corrected chi connectivity index (χ3v) is 11.2. The Hall–Kier alpha value is -5.16. The summed E-state index contributed by atoms with van der Waals surface area (Å²) < 4.78 is 11.8. The number of fused-ring (bicyclic) bond motifs is 12. The van der Waals surface area contributed by atoms with Gasteiger partial charge in [-0.25, -0.2) is 0 Å². The highest BCUT2D eigenvalue weighted by molar-refractivity contribution is 7.26. The van der Waals surface area contributed by atoms with Gasteiger partial charge in [-0.2, -0.15) is 0 Å². The molecule has 3 heterocycles. The molecule has 0 bridgehead atoms. The summed E-state index contributed by atoms with van der Waals surface area (Å²) >= 11 is 3.70. The molecule has 3 aromatic heterocycles. The second-order valence-electron chi connectivity index (χ2n) is 11.3. The van der Waals surface area contributed by atoms with Gasteiger partial charge in [-0.05, 0) is 71.4 Å². The van der Waals surface area contributed by atoms with E-state index in [4.69, 9.17) is 4.42 Å². The fraction of sp³-hybridized carbons (Fsp3) is 0. The Kier molecular flexibility index (Phi) is 5.06. The molecular weight excluding hydrogens is 575 g/mol. The zero-order chi connectivity index (χ0) is 28.8. The predicted molar refractivity (Wildman–Crippen MR) is 192 cm³/mol. The zero-order valence-corrected chi connectivity index (χ0v) is 25.1. The Balaban J connectivity index is 1.26. The fourth-order valence-electron chi connectivity index (χ4n) is 6.90. The number of benzene rings is 7. The van der Waals surface area contributed by atoms with Crippen molar-refractivity contribution in [3.8, 4) is 0 Å². The number of thiophene rings is 2. The first-order valence-corrected chi connectivity index (χ1v) is 16.4. The van der Waals surface area contributed by atoms with Gasteiger partial charge in [0.05, 0.1) is 10.4 Å². The van der Waals surface area contributed by atoms with Gasteiger partial charge >= 0.3 is 0 Å². The molecule has 44 heavy (non-hydrogen) atoms. The fourth-order valence-corrected chi connectivity index (χ4v) is 9.20. The highest BCUT2D eigenvalue weighted by Gasteiger charge is 2.21. The van der Waals surface area contributed by atoms with Crippen molar-refractivity contribution in [2.75, 3.05) is 4.90 Å². The lowest BCUT2D eigenvalue weighted by Crippen LogP contribution is -2.09. The van der Waals surface area contributed by atoms with Crippen LogP contribution in [0.15, 0.2) is 144 Å². The average molecular weight is 598 g/mol. The monoisotopic (exact) mass is 597 g/mol. The topological polar surface area (TPSA) is 16.4 Å². The van der Waals surface area contributed by atoms with Crippen LogP contribution in [0, 0.1) is 0 Å². The maximum absolute atomic E-state index is 6.68. The summed E-state index contributed by atoms with van der Waals surface area (Å²) in [5.74, 6) is 0. The minimum absolute atomic E-state index is 0.934. The van der Waals surface area contributed by atoms with Crippen molar-refractivity contribution in [3.05, 3.63) is 140 Å². The summed E-state index contributed by atoms with van der Waals surface area (Å²) in [6.45, 7) is 0. The number of hydrogen-bond acceptors (Lipinski definition) is 4. The molecular formula is C40H23NOS2. The first-order chi connectivity index (χ1) is 21.8. The Bertz CT molecular complexity index is 2730. The highest BCUT2D eigenvalue weighted by atomic mass is 32.1. The zero-order valence-electron chi connectivity index (χ0n) is 23.5. The molecule has 0 aliphatic rings. The normalized spacial score (nSPS) is 12.1. The molecule has 7 aromatic carbocycles. The Labute approximate surface area is 260 Å². The molecule has 4 heteroatoms. The van der Waals surface area contributed by atoms with Crippen LogP contribution in [0.2, 0.25) is 0 Å². The lowest BCUT2D eigenvalue weighted by Gasteiger charge is -2.26. The second-order valence-corrected chi connectivity index (χ2v) is 13.4. The molecule has 0 amide bonds. The van der Waals surface area contributed by atoms with Crippen LogP contribution < -0.4 is 4.90 Å². The Morgan fingerprint density at radius 3 is 2.16 bits per heavy atom. The van der Waals surface area contributed by atoms with Gasteiger partial charge in [-0.15, -0.1) is 22.7 Å². The van der Waals surface area contributed by atoms with Crippen LogP contribution in [0.1, 0.15) is 0 Å². The van der Waals surface area contributed by atoms with Crippen LogP contribution in [-0.2, 0) is 0 Å². The Morgan fingerprint density at radius 2 is 1.23 bits per heavy atom. The molecule has 0 aliphatic heterocycles. The maximum atomic E-state index is 6.68. The number of nitrogens with zero attached hydrogens (tertiary/aromatic N) is 1. The average Bonchev–Trinajstić information content (AvgIpc) is 3.77. The van der Waals surface area contributed by atoms with Gasteiger partial charge < -0.3 is 9.32 Å². The molecule has 0 aliphatic carbocycles. The third-order valence-electron chi connectivity index (χ3n) is 8.84. The molecule has 2 nitrogen and oxygen atoms in total. The van der Waals surface area contributed by atoms with Gasteiger partial charge in [-0.3, -0.25) is 0 Å². The van der Waals surface area contributed by atoms with E-state index in [1.54, 1.807) is 0 Å². The first-order valence-electron chi connectivity index (χ1n) is 14.8. The largest absolute Gasteiger partial charge is 0.455 e. The number of hydrogen-bond donors (Lipinski definition) is 0. The van der Waals surface area contributed by atoms with Crippen LogP contribution in [0.4, 0.5) is 17.1 Å². The van der Waals surface area contributed by atoms with Crippen LogP contribution in [0.3, 0.4) is 0 Å². The third kappa shape index (κ3) is 3.41. The van der Waals surface area contributed by atoms with E-state index in [0.717, 1.165) is 22.5 Å². The van der Waals surface area contributed by atoms with Crippen LogP contribution in [-0.4, -0.2) is 0 Å². The van der Waals surface area contributed by atoms with Gasteiger partial charge in [0.25, 0.3) is 0 Å². The molecule has 10 rings (SSSR count). The van der Waals surface area contributed by atoms with Gasteiger partial charge in [-0.1, -0.05) is 78.9 Å². The lowest BCUT2D eigenvalue weighted by atomic mass is 10.0. The molecule has 206 valence electrons. The van der Waals surface area contributed by atoms with Crippen molar-refractivity contribution in [1.29, 1.82) is 0 Å². The molecule has 0 fully saturated rings. The second kappa shape index (κ2) is 9.17. The van der Waals surface area contributed by atoms with Gasteiger partial charge in [0, 0.05) is 57.8 Å². The van der Waals surface area contributed by atoms with Crippen LogP contribution in [0.5, 0.6) is 0 Å². The van der Waals surface area contributed by atoms with Crippen molar-refractivity contribution in [3.63, 3.8) is 0 Å². The van der Waals surface area contributed by atoms with E-state index in [0.29, 0.717) is 0 Å². The van der Waals surface area contributed by atoms with Crippen LogP contribution >= 0.6 is 22.7 Å². The van der Waals surface area contributed by atoms with E-state index >= 15 is 0 Å². The van der Waals surface area contributed by atoms with Crippen molar-refractivity contribution >= 4 is 113 Å². The molecule has 0 unspecified atom stereocenters. The molecule has 0 spiro atoms. The molecule has 0 saturated carbocycles.